The van der Waals surface area contributed by atoms with Crippen LogP contribution in [0.1, 0.15) is 46.9 Å². The molecule has 1 saturated heterocycles. The van der Waals surface area contributed by atoms with Crippen LogP contribution in [0.25, 0.3) is 10.9 Å². The van der Waals surface area contributed by atoms with Gasteiger partial charge in [0, 0.05) is 37.6 Å². The number of likely N-dealkylation sites (N-methyl/N-ethyl adjacent to an activating group) is 1. The van der Waals surface area contributed by atoms with Gasteiger partial charge >= 0.3 is 0 Å². The van der Waals surface area contributed by atoms with Gasteiger partial charge in [-0.25, -0.2) is 0 Å². The van der Waals surface area contributed by atoms with Gasteiger partial charge in [-0.2, -0.15) is 5.10 Å². The van der Waals surface area contributed by atoms with Crippen LogP contribution in [0.15, 0.2) is 30.3 Å². The molecule has 0 unspecified atom stereocenters. The van der Waals surface area contributed by atoms with Crippen molar-refractivity contribution in [1.29, 1.82) is 0 Å². The van der Waals surface area contributed by atoms with E-state index in [9.17, 15) is 9.90 Å². The number of rotatable bonds is 8. The van der Waals surface area contributed by atoms with Crippen molar-refractivity contribution >= 4 is 16.8 Å². The van der Waals surface area contributed by atoms with Crippen LogP contribution in [0, 0.1) is 0 Å². The number of nitrogens with one attached hydrogen (secondary N) is 1. The predicted molar refractivity (Wildman–Crippen MR) is 131 cm³/mol. The minimum absolute atomic E-state index is 0.0308. The Bertz CT molecular complexity index is 1180. The summed E-state index contributed by atoms with van der Waals surface area (Å²) in [4.78, 5) is 19.8. The lowest BCUT2D eigenvalue weighted by Crippen LogP contribution is -2.25. The Morgan fingerprint density at radius 1 is 1.18 bits per heavy atom. The summed E-state index contributed by atoms with van der Waals surface area (Å²) in [6, 6.07) is 9.42. The highest BCUT2D eigenvalue weighted by Gasteiger charge is 2.27. The highest BCUT2D eigenvalue weighted by Crippen LogP contribution is 2.32. The Morgan fingerprint density at radius 2 is 1.97 bits per heavy atom. The van der Waals surface area contributed by atoms with E-state index in [0.717, 1.165) is 60.7 Å². The van der Waals surface area contributed by atoms with Gasteiger partial charge < -0.3 is 19.6 Å². The van der Waals surface area contributed by atoms with Crippen molar-refractivity contribution in [3.8, 4) is 11.5 Å². The van der Waals surface area contributed by atoms with Gasteiger partial charge in [-0.1, -0.05) is 13.0 Å². The topological polar surface area (TPSA) is 84.9 Å². The summed E-state index contributed by atoms with van der Waals surface area (Å²) in [6.07, 6.45) is 2.43. The number of fused-ring (bicyclic) bond motifs is 2. The highest BCUT2D eigenvalue weighted by molar-refractivity contribution is 6.01. The largest absolute Gasteiger partial charge is 0.507 e. The number of aromatic nitrogens is 2. The lowest BCUT2D eigenvalue weighted by molar-refractivity contribution is 0.0748. The summed E-state index contributed by atoms with van der Waals surface area (Å²) in [7, 11) is 2.07. The fourth-order valence-electron chi connectivity index (χ4n) is 4.81. The summed E-state index contributed by atoms with van der Waals surface area (Å²) in [6.45, 7) is 8.58. The number of carbonyl (C=O) groups excluding carboxylic acids is 1. The van der Waals surface area contributed by atoms with Gasteiger partial charge in [0.05, 0.1) is 16.8 Å². The molecule has 0 saturated carbocycles. The third kappa shape index (κ3) is 4.60. The van der Waals surface area contributed by atoms with Gasteiger partial charge in [-0.3, -0.25) is 14.8 Å². The first kappa shape index (κ1) is 22.7. The number of benzene rings is 2. The Hall–Kier alpha value is -3.10. The first-order valence-corrected chi connectivity index (χ1v) is 12.2. The summed E-state index contributed by atoms with van der Waals surface area (Å²) in [5.74, 6) is 0.625. The molecule has 0 radical (unpaired) electrons. The maximum atomic E-state index is 13.4. The smallest absolute Gasteiger partial charge is 0.258 e. The molecular formula is C26H33N5O3. The zero-order valence-electron chi connectivity index (χ0n) is 20.0. The normalized spacial score (nSPS) is 16.0. The Balaban J connectivity index is 1.30. The van der Waals surface area contributed by atoms with Crippen molar-refractivity contribution in [2.75, 3.05) is 39.8 Å². The van der Waals surface area contributed by atoms with E-state index < -0.39 is 0 Å². The SMILES string of the molecule is CCN(C)CCOc1ccc2c(c1)CN(C(=O)c1cc3c(CN4CCCC4)[nH]nc3cc1O)C2. The molecule has 3 heterocycles. The third-order valence-corrected chi connectivity index (χ3v) is 7.03. The van der Waals surface area contributed by atoms with Crippen LogP contribution in [0.2, 0.25) is 0 Å². The van der Waals surface area contributed by atoms with Gasteiger partial charge in [0.25, 0.3) is 5.91 Å². The summed E-state index contributed by atoms with van der Waals surface area (Å²) in [5.41, 5.74) is 4.20. The predicted octanol–water partition coefficient (Wildman–Crippen LogP) is 3.35. The van der Waals surface area contributed by atoms with Crippen LogP contribution >= 0.6 is 0 Å². The summed E-state index contributed by atoms with van der Waals surface area (Å²) < 4.78 is 5.91. The first-order valence-electron chi connectivity index (χ1n) is 12.2. The van der Waals surface area contributed by atoms with E-state index in [0.29, 0.717) is 30.8 Å². The zero-order chi connectivity index (χ0) is 23.7. The van der Waals surface area contributed by atoms with Crippen LogP contribution in [0.5, 0.6) is 11.5 Å². The van der Waals surface area contributed by atoms with Gasteiger partial charge in [-0.05, 0) is 68.8 Å². The quantitative estimate of drug-likeness (QED) is 0.533. The Morgan fingerprint density at radius 3 is 2.76 bits per heavy atom. The molecule has 34 heavy (non-hydrogen) atoms. The van der Waals surface area contributed by atoms with E-state index in [2.05, 4.69) is 34.0 Å². The number of likely N-dealkylation sites (tertiary alicyclic amines) is 1. The van der Waals surface area contributed by atoms with E-state index >= 15 is 0 Å². The first-order chi connectivity index (χ1) is 16.5. The van der Waals surface area contributed by atoms with Gasteiger partial charge in [-0.15, -0.1) is 0 Å². The second-order valence-electron chi connectivity index (χ2n) is 9.41. The molecule has 5 rings (SSSR count). The molecule has 2 aliphatic rings. The average Bonchev–Trinajstić information content (AvgIpc) is 3.58. The van der Waals surface area contributed by atoms with E-state index in [4.69, 9.17) is 4.74 Å². The molecule has 180 valence electrons. The Kier molecular flexibility index (Phi) is 6.43. The number of aromatic amines is 1. The molecule has 2 N–H and O–H groups in total. The summed E-state index contributed by atoms with van der Waals surface area (Å²) in [5, 5.41) is 19.0. The van der Waals surface area contributed by atoms with E-state index in [1.165, 1.54) is 12.8 Å². The lowest BCUT2D eigenvalue weighted by atomic mass is 10.1. The number of nitrogens with zero attached hydrogens (tertiary/aromatic N) is 4. The Labute approximate surface area is 200 Å². The molecule has 0 atom stereocenters. The van der Waals surface area contributed by atoms with Crippen molar-refractivity contribution in [1.82, 2.24) is 24.9 Å². The molecule has 1 aromatic heterocycles. The molecule has 0 spiro atoms. The third-order valence-electron chi connectivity index (χ3n) is 7.03. The van der Waals surface area contributed by atoms with Crippen LogP contribution in [-0.4, -0.2) is 75.7 Å². The molecule has 0 aliphatic carbocycles. The number of hydrogen-bond donors (Lipinski definition) is 2. The minimum atomic E-state index is -0.170. The fraction of sp³-hybridized carbons (Fsp3) is 0.462. The zero-order valence-corrected chi connectivity index (χ0v) is 20.0. The molecule has 8 nitrogen and oxygen atoms in total. The number of ether oxygens (including phenoxy) is 1. The maximum absolute atomic E-state index is 13.4. The highest BCUT2D eigenvalue weighted by atomic mass is 16.5. The van der Waals surface area contributed by atoms with Gasteiger partial charge in [0.15, 0.2) is 0 Å². The second-order valence-corrected chi connectivity index (χ2v) is 9.41. The van der Waals surface area contributed by atoms with E-state index in [-0.39, 0.29) is 11.7 Å². The molecule has 1 amide bonds. The van der Waals surface area contributed by atoms with Crippen molar-refractivity contribution in [3.63, 3.8) is 0 Å². The van der Waals surface area contributed by atoms with Crippen LogP contribution < -0.4 is 4.74 Å². The maximum Gasteiger partial charge on any atom is 0.258 e. The number of phenolic OH excluding ortho intramolecular Hbond substituents is 1. The number of hydrogen-bond acceptors (Lipinski definition) is 6. The number of aromatic hydroxyl groups is 1. The van der Waals surface area contributed by atoms with E-state index in [1.807, 2.05) is 18.2 Å². The number of H-pyrrole nitrogens is 1. The average molecular weight is 464 g/mol. The van der Waals surface area contributed by atoms with Crippen molar-refractivity contribution in [2.24, 2.45) is 0 Å². The van der Waals surface area contributed by atoms with Crippen LogP contribution in [-0.2, 0) is 19.6 Å². The molecule has 2 aromatic carbocycles. The van der Waals surface area contributed by atoms with Crippen molar-refractivity contribution in [2.45, 2.75) is 39.4 Å². The second kappa shape index (κ2) is 9.64. The molecular weight excluding hydrogens is 430 g/mol. The summed E-state index contributed by atoms with van der Waals surface area (Å²) >= 11 is 0. The number of amides is 1. The monoisotopic (exact) mass is 463 g/mol. The molecule has 1 fully saturated rings. The molecule has 2 aliphatic heterocycles. The van der Waals surface area contributed by atoms with Crippen molar-refractivity contribution in [3.05, 3.63) is 52.7 Å². The number of phenols is 1. The lowest BCUT2D eigenvalue weighted by Gasteiger charge is -2.17. The number of carbonyl (C=O) groups is 1. The molecule has 3 aromatic rings. The van der Waals surface area contributed by atoms with Gasteiger partial charge in [0.1, 0.15) is 18.1 Å². The van der Waals surface area contributed by atoms with Gasteiger partial charge in [0.2, 0.25) is 0 Å². The van der Waals surface area contributed by atoms with Crippen LogP contribution in [0.4, 0.5) is 0 Å². The molecule has 8 heteroatoms. The molecule has 0 bridgehead atoms. The van der Waals surface area contributed by atoms with Crippen LogP contribution in [0.3, 0.4) is 0 Å². The van der Waals surface area contributed by atoms with E-state index in [1.54, 1.807) is 17.0 Å². The fourth-order valence-corrected chi connectivity index (χ4v) is 4.81. The standard InChI is InChI=1S/C26H33N5O3/c1-3-29(2)10-11-34-20-7-6-18-15-31(16-19(18)12-20)26(33)22-13-21-23(14-25(22)32)27-28-24(21)17-30-8-4-5-9-30/h6-7,12-14,32H,3-5,8-11,15-17H2,1-2H3,(H,27,28). The van der Waals surface area contributed by atoms with Crippen molar-refractivity contribution < 1.29 is 14.6 Å². The minimum Gasteiger partial charge on any atom is -0.507 e.